The topological polar surface area (TPSA) is 58.8 Å². The molecule has 3 rings (SSSR count). The normalized spacial score (nSPS) is 36.8. The Morgan fingerprint density at radius 1 is 1.25 bits per heavy atom. The lowest BCUT2D eigenvalue weighted by molar-refractivity contribution is -0.231. The van der Waals surface area contributed by atoms with Crippen LogP contribution in [0.4, 0.5) is 13.2 Å². The van der Waals surface area contributed by atoms with Gasteiger partial charge in [0.25, 0.3) is 0 Å². The summed E-state index contributed by atoms with van der Waals surface area (Å²) >= 11 is 0. The molecule has 0 bridgehead atoms. The van der Waals surface area contributed by atoms with Gasteiger partial charge in [-0.1, -0.05) is 13.8 Å². The number of nitrogens with two attached hydrogens (primary N) is 1. The third-order valence-corrected chi connectivity index (χ3v) is 6.10. The second-order valence-corrected chi connectivity index (χ2v) is 7.81. The number of fused-ring (bicyclic) bond motifs is 1. The Bertz CT molecular complexity index is 503. The summed E-state index contributed by atoms with van der Waals surface area (Å²) in [5.41, 5.74) is 5.14. The lowest BCUT2D eigenvalue weighted by Crippen LogP contribution is -2.82. The largest absolute Gasteiger partial charge is 0.401 e. The Morgan fingerprint density at radius 3 is 2.46 bits per heavy atom. The number of carbonyl (C=O) groups is 1. The molecule has 2 heterocycles. The summed E-state index contributed by atoms with van der Waals surface area (Å²) in [4.78, 5) is 16.0. The summed E-state index contributed by atoms with van der Waals surface area (Å²) in [5, 5.41) is 0. The maximum Gasteiger partial charge on any atom is 0.401 e. The number of halogens is 3. The highest BCUT2D eigenvalue weighted by molar-refractivity contribution is 5.89. The smallest absolute Gasteiger partial charge is 0.377 e. The standard InChI is InChI=1S/C16H26F3N3O2/c1-14(2)12-11(4-3-9-24-12)16(14,20)13(23)22-7-5-21(6-8-22)10-15(17,18)19/h11-12H,3-10,20H2,1-2H3. The van der Waals surface area contributed by atoms with Gasteiger partial charge in [-0.05, 0) is 12.8 Å². The number of rotatable bonds is 2. The van der Waals surface area contributed by atoms with E-state index in [0.717, 1.165) is 12.8 Å². The van der Waals surface area contributed by atoms with Crippen LogP contribution in [0.25, 0.3) is 0 Å². The van der Waals surface area contributed by atoms with E-state index in [1.807, 2.05) is 13.8 Å². The first kappa shape index (κ1) is 17.9. The SMILES string of the molecule is CC1(C)C2OCCCC2C1(N)C(=O)N1CCN(CC(F)(F)F)CC1. The molecule has 5 nitrogen and oxygen atoms in total. The molecule has 24 heavy (non-hydrogen) atoms. The fourth-order valence-corrected chi connectivity index (χ4v) is 4.63. The number of hydrogen-bond donors (Lipinski definition) is 1. The van der Waals surface area contributed by atoms with Crippen LogP contribution in [0.1, 0.15) is 26.7 Å². The first-order chi connectivity index (χ1) is 11.1. The molecule has 0 spiro atoms. The first-order valence-corrected chi connectivity index (χ1v) is 8.56. The van der Waals surface area contributed by atoms with E-state index in [1.54, 1.807) is 4.90 Å². The number of piperazine rings is 1. The number of nitrogens with zero attached hydrogens (tertiary/aromatic N) is 2. The van der Waals surface area contributed by atoms with Crippen molar-refractivity contribution in [3.63, 3.8) is 0 Å². The van der Waals surface area contributed by atoms with Crippen molar-refractivity contribution in [1.82, 2.24) is 9.80 Å². The van der Waals surface area contributed by atoms with Crippen molar-refractivity contribution in [1.29, 1.82) is 0 Å². The van der Waals surface area contributed by atoms with E-state index in [4.69, 9.17) is 10.5 Å². The molecule has 1 amide bonds. The monoisotopic (exact) mass is 349 g/mol. The molecule has 1 saturated carbocycles. The number of ether oxygens (including phenoxy) is 1. The fourth-order valence-electron chi connectivity index (χ4n) is 4.63. The minimum atomic E-state index is -4.20. The van der Waals surface area contributed by atoms with Crippen molar-refractivity contribution in [2.24, 2.45) is 17.1 Å². The maximum absolute atomic E-state index is 13.1. The molecule has 1 aliphatic carbocycles. The molecule has 3 aliphatic rings. The van der Waals surface area contributed by atoms with Crippen molar-refractivity contribution in [2.75, 3.05) is 39.3 Å². The van der Waals surface area contributed by atoms with Crippen LogP contribution in [0.5, 0.6) is 0 Å². The first-order valence-electron chi connectivity index (χ1n) is 8.56. The maximum atomic E-state index is 13.1. The highest BCUT2D eigenvalue weighted by atomic mass is 19.4. The van der Waals surface area contributed by atoms with Crippen LogP contribution in [0.2, 0.25) is 0 Å². The van der Waals surface area contributed by atoms with Crippen molar-refractivity contribution >= 4 is 5.91 Å². The average molecular weight is 349 g/mol. The Morgan fingerprint density at radius 2 is 1.88 bits per heavy atom. The number of amides is 1. The van der Waals surface area contributed by atoms with E-state index in [2.05, 4.69) is 0 Å². The van der Waals surface area contributed by atoms with Crippen LogP contribution < -0.4 is 5.73 Å². The minimum absolute atomic E-state index is 0.00181. The zero-order valence-electron chi connectivity index (χ0n) is 14.2. The third kappa shape index (κ3) is 2.72. The lowest BCUT2D eigenvalue weighted by Gasteiger charge is -2.66. The molecule has 0 aromatic rings. The number of hydrogen-bond acceptors (Lipinski definition) is 4. The molecule has 8 heteroatoms. The number of carbonyl (C=O) groups excluding carboxylic acids is 1. The van der Waals surface area contributed by atoms with Crippen LogP contribution in [0, 0.1) is 11.3 Å². The summed E-state index contributed by atoms with van der Waals surface area (Å²) in [6, 6.07) is 0. The molecular formula is C16H26F3N3O2. The van der Waals surface area contributed by atoms with E-state index >= 15 is 0 Å². The van der Waals surface area contributed by atoms with Crippen LogP contribution in [0.3, 0.4) is 0 Å². The Labute approximate surface area is 140 Å². The van der Waals surface area contributed by atoms with Gasteiger partial charge in [0.1, 0.15) is 5.54 Å². The van der Waals surface area contributed by atoms with Crippen molar-refractivity contribution in [3.05, 3.63) is 0 Å². The zero-order valence-corrected chi connectivity index (χ0v) is 14.2. The molecule has 2 aliphatic heterocycles. The molecule has 3 fully saturated rings. The van der Waals surface area contributed by atoms with E-state index in [0.29, 0.717) is 19.7 Å². The van der Waals surface area contributed by atoms with Gasteiger partial charge in [0, 0.05) is 44.1 Å². The van der Waals surface area contributed by atoms with Crippen LogP contribution in [0.15, 0.2) is 0 Å². The quantitative estimate of drug-likeness (QED) is 0.815. The number of alkyl halides is 3. The summed E-state index contributed by atoms with van der Waals surface area (Å²) in [5.74, 6) is -0.132. The highest BCUT2D eigenvalue weighted by Crippen LogP contribution is 2.58. The highest BCUT2D eigenvalue weighted by Gasteiger charge is 2.70. The zero-order chi connectivity index (χ0) is 17.8. The van der Waals surface area contributed by atoms with Gasteiger partial charge < -0.3 is 15.4 Å². The van der Waals surface area contributed by atoms with E-state index in [-0.39, 0.29) is 31.0 Å². The third-order valence-electron chi connectivity index (χ3n) is 6.10. The molecule has 0 aromatic heterocycles. The molecule has 2 saturated heterocycles. The molecule has 138 valence electrons. The Balaban J connectivity index is 1.65. The van der Waals surface area contributed by atoms with E-state index < -0.39 is 23.7 Å². The second-order valence-electron chi connectivity index (χ2n) is 7.81. The van der Waals surface area contributed by atoms with Gasteiger partial charge >= 0.3 is 6.18 Å². The van der Waals surface area contributed by atoms with Crippen molar-refractivity contribution in [3.8, 4) is 0 Å². The minimum Gasteiger partial charge on any atom is -0.377 e. The molecule has 2 N–H and O–H groups in total. The van der Waals surface area contributed by atoms with Gasteiger partial charge in [-0.25, -0.2) is 0 Å². The van der Waals surface area contributed by atoms with Crippen LogP contribution in [-0.2, 0) is 9.53 Å². The summed E-state index contributed by atoms with van der Waals surface area (Å²) in [6.07, 6.45) is -2.45. The summed E-state index contributed by atoms with van der Waals surface area (Å²) in [7, 11) is 0. The van der Waals surface area contributed by atoms with Crippen LogP contribution >= 0.6 is 0 Å². The summed E-state index contributed by atoms with van der Waals surface area (Å²) < 4.78 is 43.3. The van der Waals surface area contributed by atoms with Crippen LogP contribution in [-0.4, -0.2) is 72.9 Å². The van der Waals surface area contributed by atoms with Gasteiger partial charge in [0.15, 0.2) is 0 Å². The Hall–Kier alpha value is -0.860. The lowest BCUT2D eigenvalue weighted by atomic mass is 9.46. The molecular weight excluding hydrogens is 323 g/mol. The van der Waals surface area contributed by atoms with E-state index in [1.165, 1.54) is 4.90 Å². The molecule has 3 atom stereocenters. The fraction of sp³-hybridized carbons (Fsp3) is 0.938. The second kappa shape index (κ2) is 5.85. The molecule has 3 unspecified atom stereocenters. The van der Waals surface area contributed by atoms with Gasteiger partial charge in [0.05, 0.1) is 12.6 Å². The van der Waals surface area contributed by atoms with E-state index in [9.17, 15) is 18.0 Å². The summed E-state index contributed by atoms with van der Waals surface area (Å²) in [6.45, 7) is 4.73. The average Bonchev–Trinajstić information content (AvgIpc) is 2.52. The molecule has 0 radical (unpaired) electrons. The van der Waals surface area contributed by atoms with Gasteiger partial charge in [0.2, 0.25) is 5.91 Å². The van der Waals surface area contributed by atoms with Gasteiger partial charge in [-0.2, -0.15) is 13.2 Å². The predicted octanol–water partition coefficient (Wildman–Crippen LogP) is 1.23. The Kier molecular flexibility index (Phi) is 4.37. The van der Waals surface area contributed by atoms with Crippen molar-refractivity contribution in [2.45, 2.75) is 44.5 Å². The van der Waals surface area contributed by atoms with Crippen molar-refractivity contribution < 1.29 is 22.7 Å². The predicted molar refractivity (Wildman–Crippen MR) is 82.2 cm³/mol. The molecule has 0 aromatic carbocycles. The van der Waals surface area contributed by atoms with Gasteiger partial charge in [-0.3, -0.25) is 9.69 Å². The van der Waals surface area contributed by atoms with Gasteiger partial charge in [-0.15, -0.1) is 0 Å².